The number of carbonyl (C=O) groups excluding carboxylic acids is 1. The van der Waals surface area contributed by atoms with Crippen molar-refractivity contribution in [2.24, 2.45) is 16.6 Å². The van der Waals surface area contributed by atoms with Crippen LogP contribution in [-0.4, -0.2) is 47.3 Å². The minimum Gasteiger partial charge on any atom is -0.369 e. The number of carbonyl (C=O) groups is 1. The van der Waals surface area contributed by atoms with Crippen molar-refractivity contribution in [3.63, 3.8) is 0 Å². The number of benzene rings is 2. The van der Waals surface area contributed by atoms with Crippen LogP contribution in [0.3, 0.4) is 0 Å². The lowest BCUT2D eigenvalue weighted by Gasteiger charge is -2.31. The number of nitrogens with zero attached hydrogens (tertiary/aromatic N) is 3. The predicted octanol–water partition coefficient (Wildman–Crippen LogP) is 5.03. The Balaban J connectivity index is 1.31. The average molecular weight is 465 g/mol. The zero-order valence-corrected chi connectivity index (χ0v) is 20.1. The highest BCUT2D eigenvalue weighted by atomic mass is 35.5. The number of guanidine groups is 1. The van der Waals surface area contributed by atoms with E-state index in [1.165, 1.54) is 32.1 Å². The molecule has 1 amide bonds. The number of nitrogens with two attached hydrogens (primary N) is 1. The zero-order chi connectivity index (χ0) is 23.0. The summed E-state index contributed by atoms with van der Waals surface area (Å²) in [5.74, 6) is 0.760. The van der Waals surface area contributed by atoms with E-state index in [0.717, 1.165) is 42.2 Å². The number of halogens is 1. The third-order valence-electron chi connectivity index (χ3n) is 7.71. The second-order valence-corrected chi connectivity index (χ2v) is 10.4. The largest absolute Gasteiger partial charge is 0.369 e. The fourth-order valence-corrected chi connectivity index (χ4v) is 5.98. The molecule has 6 heteroatoms. The molecule has 0 aromatic heterocycles. The number of rotatable bonds is 5. The van der Waals surface area contributed by atoms with Gasteiger partial charge in [0, 0.05) is 24.2 Å². The quantitative estimate of drug-likeness (QED) is 0.674. The molecule has 1 saturated heterocycles. The van der Waals surface area contributed by atoms with Gasteiger partial charge in [0.15, 0.2) is 11.5 Å². The van der Waals surface area contributed by atoms with Crippen LogP contribution in [0, 0.1) is 5.92 Å². The molecule has 5 nitrogen and oxygen atoms in total. The minimum atomic E-state index is -1.000. The van der Waals surface area contributed by atoms with E-state index >= 15 is 0 Å². The van der Waals surface area contributed by atoms with Gasteiger partial charge in [-0.05, 0) is 73.5 Å². The lowest BCUT2D eigenvalue weighted by Crippen LogP contribution is -2.45. The van der Waals surface area contributed by atoms with Crippen molar-refractivity contribution in [2.75, 3.05) is 19.6 Å². The molecule has 2 atom stereocenters. The van der Waals surface area contributed by atoms with Gasteiger partial charge in [0.05, 0.1) is 0 Å². The molecule has 2 heterocycles. The number of aliphatic imine (C=N–C) groups is 1. The highest BCUT2D eigenvalue weighted by molar-refractivity contribution is 6.30. The van der Waals surface area contributed by atoms with Crippen LogP contribution in [0.1, 0.15) is 51.0 Å². The normalized spacial score (nSPS) is 26.7. The van der Waals surface area contributed by atoms with Gasteiger partial charge in [0.25, 0.3) is 5.91 Å². The van der Waals surface area contributed by atoms with Crippen LogP contribution in [0.4, 0.5) is 0 Å². The Labute approximate surface area is 201 Å². The van der Waals surface area contributed by atoms with Gasteiger partial charge in [0.2, 0.25) is 0 Å². The number of likely N-dealkylation sites (tertiary alicyclic amines) is 1. The number of hydrogen-bond acceptors (Lipinski definition) is 4. The summed E-state index contributed by atoms with van der Waals surface area (Å²) in [6.07, 6.45) is 7.83. The molecule has 0 radical (unpaired) electrons. The van der Waals surface area contributed by atoms with Gasteiger partial charge < -0.3 is 10.6 Å². The molecule has 2 aromatic rings. The first kappa shape index (κ1) is 22.4. The lowest BCUT2D eigenvalue weighted by atomic mass is 9.89. The molecule has 2 aliphatic heterocycles. The van der Waals surface area contributed by atoms with E-state index in [-0.39, 0.29) is 5.91 Å². The Bertz CT molecular complexity index is 1060. The molecule has 2 aromatic carbocycles. The molecule has 33 heavy (non-hydrogen) atoms. The summed E-state index contributed by atoms with van der Waals surface area (Å²) in [5.41, 5.74) is 8.21. The van der Waals surface area contributed by atoms with Crippen LogP contribution in [0.15, 0.2) is 53.5 Å². The van der Waals surface area contributed by atoms with Gasteiger partial charge in [0.1, 0.15) is 0 Å². The first-order valence-corrected chi connectivity index (χ1v) is 12.6. The average Bonchev–Trinajstić information content (AvgIpc) is 3.39. The molecule has 3 aliphatic rings. The third-order valence-corrected chi connectivity index (χ3v) is 7.94. The van der Waals surface area contributed by atoms with E-state index in [9.17, 15) is 4.79 Å². The maximum Gasteiger partial charge on any atom is 0.261 e. The number of amides is 1. The topological polar surface area (TPSA) is 61.9 Å². The van der Waals surface area contributed by atoms with E-state index in [2.05, 4.69) is 9.89 Å². The van der Waals surface area contributed by atoms with Crippen LogP contribution in [0.5, 0.6) is 0 Å². The summed E-state index contributed by atoms with van der Waals surface area (Å²) >= 11 is 6.19. The first-order chi connectivity index (χ1) is 15.9. The van der Waals surface area contributed by atoms with Crippen LogP contribution < -0.4 is 5.73 Å². The highest BCUT2D eigenvalue weighted by Crippen LogP contribution is 2.36. The van der Waals surface area contributed by atoms with Crippen molar-refractivity contribution in [1.82, 2.24) is 9.80 Å². The lowest BCUT2D eigenvalue weighted by molar-refractivity contribution is -0.131. The molecule has 1 aliphatic carbocycles. The fraction of sp³-hybridized carbons (Fsp3) is 0.481. The van der Waals surface area contributed by atoms with E-state index < -0.39 is 5.54 Å². The SMILES string of the molecule is CC1(c2cccc(-c3cccc(Cl)c3)c2)N=C(N)N(CC2CCN(C3CCCCC3)C2)C1=O. The molecule has 174 valence electrons. The van der Waals surface area contributed by atoms with E-state index in [0.29, 0.717) is 23.4 Å². The molecule has 5 rings (SSSR count). The smallest absolute Gasteiger partial charge is 0.261 e. The molecule has 0 spiro atoms. The standard InChI is InChI=1S/C27H33ClN4O/c1-27(22-9-5-7-20(15-22)21-8-6-10-23(28)16-21)25(33)32(26(29)30-27)18-19-13-14-31(17-19)24-11-3-2-4-12-24/h5-10,15-16,19,24H,2-4,11-14,17-18H2,1H3,(H2,29,30). The van der Waals surface area contributed by atoms with Gasteiger partial charge in [-0.15, -0.1) is 0 Å². The van der Waals surface area contributed by atoms with Crippen LogP contribution in [-0.2, 0) is 10.3 Å². The second kappa shape index (κ2) is 9.11. The summed E-state index contributed by atoms with van der Waals surface area (Å²) in [6.45, 7) is 4.72. The first-order valence-electron chi connectivity index (χ1n) is 12.2. The van der Waals surface area contributed by atoms with Gasteiger partial charge in [-0.2, -0.15) is 0 Å². The molecular formula is C27H33ClN4O. The van der Waals surface area contributed by atoms with Crippen molar-refractivity contribution >= 4 is 23.5 Å². The summed E-state index contributed by atoms with van der Waals surface area (Å²) in [4.78, 5) is 22.7. The Morgan fingerprint density at radius 2 is 1.79 bits per heavy atom. The molecule has 2 N–H and O–H groups in total. The maximum atomic E-state index is 13.6. The minimum absolute atomic E-state index is 0.0284. The van der Waals surface area contributed by atoms with E-state index in [1.807, 2.05) is 55.5 Å². The predicted molar refractivity (Wildman–Crippen MR) is 134 cm³/mol. The van der Waals surface area contributed by atoms with Crippen molar-refractivity contribution in [2.45, 2.75) is 57.0 Å². The van der Waals surface area contributed by atoms with Gasteiger partial charge in [-0.1, -0.05) is 61.2 Å². The molecule has 0 bridgehead atoms. The summed E-state index contributed by atoms with van der Waals surface area (Å²) in [7, 11) is 0. The van der Waals surface area contributed by atoms with Crippen LogP contribution in [0.25, 0.3) is 11.1 Å². The third kappa shape index (κ3) is 4.41. The molecule has 1 saturated carbocycles. The Morgan fingerprint density at radius 1 is 1.06 bits per heavy atom. The zero-order valence-electron chi connectivity index (χ0n) is 19.3. The Hall–Kier alpha value is -2.37. The summed E-state index contributed by atoms with van der Waals surface area (Å²) < 4.78 is 0. The fourth-order valence-electron chi connectivity index (χ4n) is 5.79. The van der Waals surface area contributed by atoms with Crippen LogP contribution in [0.2, 0.25) is 5.02 Å². The molecular weight excluding hydrogens is 432 g/mol. The summed E-state index contributed by atoms with van der Waals surface area (Å²) in [5, 5.41) is 0.688. The molecule has 2 unspecified atom stereocenters. The Kier molecular flexibility index (Phi) is 6.19. The van der Waals surface area contributed by atoms with Crippen molar-refractivity contribution in [3.05, 3.63) is 59.1 Å². The van der Waals surface area contributed by atoms with Gasteiger partial charge in [-0.3, -0.25) is 9.69 Å². The monoisotopic (exact) mass is 464 g/mol. The van der Waals surface area contributed by atoms with Crippen molar-refractivity contribution in [1.29, 1.82) is 0 Å². The van der Waals surface area contributed by atoms with Crippen molar-refractivity contribution in [3.8, 4) is 11.1 Å². The van der Waals surface area contributed by atoms with E-state index in [1.54, 1.807) is 4.90 Å². The van der Waals surface area contributed by atoms with Crippen LogP contribution >= 0.6 is 11.6 Å². The van der Waals surface area contributed by atoms with E-state index in [4.69, 9.17) is 17.3 Å². The Morgan fingerprint density at radius 3 is 2.55 bits per heavy atom. The number of hydrogen-bond donors (Lipinski definition) is 1. The van der Waals surface area contributed by atoms with Gasteiger partial charge in [-0.25, -0.2) is 4.99 Å². The highest BCUT2D eigenvalue weighted by Gasteiger charge is 2.46. The van der Waals surface area contributed by atoms with Crippen molar-refractivity contribution < 1.29 is 4.79 Å². The second-order valence-electron chi connectivity index (χ2n) is 9.99. The summed E-state index contributed by atoms with van der Waals surface area (Å²) in [6, 6.07) is 16.5. The molecule has 2 fully saturated rings. The van der Waals surface area contributed by atoms with Gasteiger partial charge >= 0.3 is 0 Å². The maximum absolute atomic E-state index is 13.6.